The Morgan fingerprint density at radius 1 is 1.19 bits per heavy atom. The zero-order chi connectivity index (χ0) is 26.7. The van der Waals surface area contributed by atoms with Crippen LogP contribution in [0, 0.1) is 11.8 Å². The molecular formula is C30H45FN4O. The average molecular weight is 497 g/mol. The monoisotopic (exact) mass is 496 g/mol. The van der Waals surface area contributed by atoms with Crippen molar-refractivity contribution < 1.29 is 9.13 Å². The SMILES string of the molecule is CC.CCC(C)C1CCNC1.COc1cc2ncnc(NC3=C(F)C(C)=CCC=C3)c2cc1C(C)C. The minimum Gasteiger partial charge on any atom is -0.496 e. The molecule has 0 amide bonds. The Morgan fingerprint density at radius 3 is 2.56 bits per heavy atom. The minimum absolute atomic E-state index is 0.266. The van der Waals surface area contributed by atoms with E-state index >= 15 is 0 Å². The van der Waals surface area contributed by atoms with E-state index in [0.29, 0.717) is 23.5 Å². The fraction of sp³-hybridized carbons (Fsp3) is 0.533. The first-order chi connectivity index (χ1) is 17.3. The number of nitrogens with zero attached hydrogens (tertiary/aromatic N) is 2. The second-order valence-electron chi connectivity index (χ2n) is 9.50. The predicted octanol–water partition coefficient (Wildman–Crippen LogP) is 7.93. The van der Waals surface area contributed by atoms with Crippen LogP contribution in [0.4, 0.5) is 10.2 Å². The number of ether oxygens (including phenoxy) is 1. The predicted molar refractivity (Wildman–Crippen MR) is 151 cm³/mol. The number of allylic oxidation sites excluding steroid dienone is 5. The number of rotatable bonds is 6. The Balaban J connectivity index is 0.000000347. The number of hydrogen-bond acceptors (Lipinski definition) is 5. The molecule has 0 spiro atoms. The van der Waals surface area contributed by atoms with Gasteiger partial charge in [0.1, 0.15) is 23.7 Å². The van der Waals surface area contributed by atoms with Gasteiger partial charge in [-0.25, -0.2) is 14.4 Å². The third-order valence-electron chi connectivity index (χ3n) is 6.84. The summed E-state index contributed by atoms with van der Waals surface area (Å²) in [5, 5.41) is 7.36. The van der Waals surface area contributed by atoms with Gasteiger partial charge in [0.25, 0.3) is 0 Å². The Hall–Kier alpha value is -2.73. The maximum absolute atomic E-state index is 14.5. The summed E-state index contributed by atoms with van der Waals surface area (Å²) in [5.74, 6) is 3.30. The van der Waals surface area contributed by atoms with Gasteiger partial charge in [-0.3, -0.25) is 0 Å². The van der Waals surface area contributed by atoms with Crippen molar-refractivity contribution in [3.63, 3.8) is 0 Å². The summed E-state index contributed by atoms with van der Waals surface area (Å²) in [6.45, 7) is 17.1. The summed E-state index contributed by atoms with van der Waals surface area (Å²) in [7, 11) is 1.65. The highest BCUT2D eigenvalue weighted by Gasteiger charge is 2.19. The Morgan fingerprint density at radius 2 is 1.94 bits per heavy atom. The molecule has 0 radical (unpaired) electrons. The van der Waals surface area contributed by atoms with Gasteiger partial charge >= 0.3 is 0 Å². The summed E-state index contributed by atoms with van der Waals surface area (Å²) in [6, 6.07) is 3.92. The third-order valence-corrected chi connectivity index (χ3v) is 6.84. The van der Waals surface area contributed by atoms with Gasteiger partial charge in [-0.15, -0.1) is 0 Å². The molecule has 0 saturated carbocycles. The second-order valence-corrected chi connectivity index (χ2v) is 9.50. The lowest BCUT2D eigenvalue weighted by Crippen LogP contribution is -2.14. The second kappa shape index (κ2) is 14.7. The molecule has 198 valence electrons. The van der Waals surface area contributed by atoms with Crippen LogP contribution in [0.5, 0.6) is 5.75 Å². The van der Waals surface area contributed by atoms with Crippen LogP contribution in [0.2, 0.25) is 0 Å². The van der Waals surface area contributed by atoms with E-state index in [4.69, 9.17) is 4.74 Å². The standard InChI is InChI=1S/C20H22FN3O.C8H17N.C2H6/c1-12(2)14-9-15-17(10-18(14)25-4)22-11-23-20(15)24-16-8-6-5-7-13(3)19(16)21;1-3-7(2)8-4-5-9-6-8;1-2/h6-12H,5H2,1-4H3,(H,22,23,24);7-9H,3-6H2,1-2H3;1-2H3. The molecule has 2 atom stereocenters. The first-order valence-corrected chi connectivity index (χ1v) is 13.4. The lowest BCUT2D eigenvalue weighted by atomic mass is 9.91. The van der Waals surface area contributed by atoms with E-state index in [1.807, 2.05) is 38.1 Å². The molecule has 2 aliphatic rings. The van der Waals surface area contributed by atoms with E-state index in [1.165, 1.54) is 32.3 Å². The Labute approximate surface area is 217 Å². The molecule has 1 aliphatic carbocycles. The van der Waals surface area contributed by atoms with E-state index in [-0.39, 0.29) is 11.7 Å². The fourth-order valence-electron chi connectivity index (χ4n) is 4.35. The maximum atomic E-state index is 14.5. The van der Waals surface area contributed by atoms with E-state index < -0.39 is 0 Å². The zero-order valence-electron chi connectivity index (χ0n) is 23.4. The summed E-state index contributed by atoms with van der Waals surface area (Å²) in [6.07, 6.45) is 10.5. The average Bonchev–Trinajstić information content (AvgIpc) is 3.40. The molecule has 1 aromatic carbocycles. The van der Waals surface area contributed by atoms with Crippen molar-refractivity contribution in [3.05, 3.63) is 59.3 Å². The number of benzene rings is 1. The lowest BCUT2D eigenvalue weighted by molar-refractivity contribution is 0.376. The zero-order valence-corrected chi connectivity index (χ0v) is 23.4. The molecule has 1 fully saturated rings. The van der Waals surface area contributed by atoms with Gasteiger partial charge in [-0.1, -0.05) is 60.1 Å². The van der Waals surface area contributed by atoms with Crippen molar-refractivity contribution in [1.29, 1.82) is 0 Å². The molecular weight excluding hydrogens is 451 g/mol. The normalized spacial score (nSPS) is 18.1. The molecule has 1 aromatic heterocycles. The van der Waals surface area contributed by atoms with Gasteiger partial charge in [-0.2, -0.15) is 0 Å². The van der Waals surface area contributed by atoms with Crippen LogP contribution >= 0.6 is 0 Å². The Kier molecular flexibility index (Phi) is 12.1. The number of anilines is 1. The van der Waals surface area contributed by atoms with Crippen LogP contribution in [0.3, 0.4) is 0 Å². The largest absolute Gasteiger partial charge is 0.496 e. The smallest absolute Gasteiger partial charge is 0.149 e. The highest BCUT2D eigenvalue weighted by molar-refractivity contribution is 5.91. The molecule has 5 nitrogen and oxygen atoms in total. The molecule has 2 aromatic rings. The Bertz CT molecular complexity index is 1070. The van der Waals surface area contributed by atoms with Crippen LogP contribution in [0.25, 0.3) is 10.9 Å². The van der Waals surface area contributed by atoms with E-state index in [1.54, 1.807) is 20.1 Å². The number of methoxy groups -OCH3 is 1. The molecule has 1 saturated heterocycles. The number of fused-ring (bicyclic) bond motifs is 1. The van der Waals surface area contributed by atoms with E-state index in [9.17, 15) is 4.39 Å². The van der Waals surface area contributed by atoms with Gasteiger partial charge in [0.2, 0.25) is 0 Å². The highest BCUT2D eigenvalue weighted by Crippen LogP contribution is 2.33. The van der Waals surface area contributed by atoms with Crippen molar-refractivity contribution in [3.8, 4) is 5.75 Å². The first kappa shape index (κ1) is 29.5. The quantitative estimate of drug-likeness (QED) is 0.425. The lowest BCUT2D eigenvalue weighted by Gasteiger charge is -2.15. The van der Waals surface area contributed by atoms with E-state index in [2.05, 4.69) is 48.3 Å². The number of hydrogen-bond donors (Lipinski definition) is 2. The van der Waals surface area contributed by atoms with Crippen molar-refractivity contribution in [1.82, 2.24) is 15.3 Å². The summed E-state index contributed by atoms with van der Waals surface area (Å²) >= 11 is 0. The maximum Gasteiger partial charge on any atom is 0.149 e. The number of halogens is 1. The first-order valence-electron chi connectivity index (χ1n) is 13.4. The van der Waals surface area contributed by atoms with Crippen LogP contribution < -0.4 is 15.4 Å². The highest BCUT2D eigenvalue weighted by atomic mass is 19.1. The van der Waals surface area contributed by atoms with Gasteiger partial charge in [-0.05, 0) is 73.9 Å². The van der Waals surface area contributed by atoms with Gasteiger partial charge in [0.05, 0.1) is 18.3 Å². The number of nitrogens with one attached hydrogen (secondary N) is 2. The van der Waals surface area contributed by atoms with Crippen LogP contribution in [-0.4, -0.2) is 30.2 Å². The molecule has 2 heterocycles. The molecule has 2 N–H and O–H groups in total. The fourth-order valence-corrected chi connectivity index (χ4v) is 4.35. The minimum atomic E-state index is -0.266. The molecule has 1 aliphatic heterocycles. The van der Waals surface area contributed by atoms with Crippen molar-refractivity contribution in [2.24, 2.45) is 11.8 Å². The van der Waals surface area contributed by atoms with E-state index in [0.717, 1.165) is 34.1 Å². The van der Waals surface area contributed by atoms with Crippen molar-refractivity contribution in [2.45, 2.75) is 73.6 Å². The van der Waals surface area contributed by atoms with Gasteiger partial charge in [0.15, 0.2) is 0 Å². The number of aromatic nitrogens is 2. The molecule has 4 rings (SSSR count). The van der Waals surface area contributed by atoms with Gasteiger partial charge < -0.3 is 15.4 Å². The van der Waals surface area contributed by atoms with Crippen LogP contribution in [-0.2, 0) is 0 Å². The van der Waals surface area contributed by atoms with Crippen molar-refractivity contribution in [2.75, 3.05) is 25.5 Å². The van der Waals surface area contributed by atoms with Crippen molar-refractivity contribution >= 4 is 16.7 Å². The molecule has 36 heavy (non-hydrogen) atoms. The molecule has 6 heteroatoms. The molecule has 0 bridgehead atoms. The summed E-state index contributed by atoms with van der Waals surface area (Å²) in [4.78, 5) is 8.66. The summed E-state index contributed by atoms with van der Waals surface area (Å²) < 4.78 is 20.0. The van der Waals surface area contributed by atoms with Crippen LogP contribution in [0.1, 0.15) is 79.2 Å². The topological polar surface area (TPSA) is 59.1 Å². The summed E-state index contributed by atoms with van der Waals surface area (Å²) in [5.41, 5.74) is 2.85. The van der Waals surface area contributed by atoms with Crippen LogP contribution in [0.15, 0.2) is 53.8 Å². The molecule has 2 unspecified atom stereocenters. The third kappa shape index (κ3) is 7.63. The van der Waals surface area contributed by atoms with Gasteiger partial charge in [0, 0.05) is 11.5 Å².